The lowest BCUT2D eigenvalue weighted by Crippen LogP contribution is -2.40. The Labute approximate surface area is 142 Å². The Balaban J connectivity index is 2.27. The van der Waals surface area contributed by atoms with Crippen LogP contribution in [-0.4, -0.2) is 13.5 Å². The van der Waals surface area contributed by atoms with Crippen LogP contribution in [0, 0.1) is 11.3 Å². The molecule has 25 heavy (non-hydrogen) atoms. The van der Waals surface area contributed by atoms with Crippen LogP contribution in [0.1, 0.15) is 11.4 Å². The number of fused-ring (bicyclic) bond motifs is 1. The quantitative estimate of drug-likeness (QED) is 0.697. The highest BCUT2D eigenvalue weighted by atomic mass is 32.1. The first kappa shape index (κ1) is 16.9. The van der Waals surface area contributed by atoms with Gasteiger partial charge < -0.3 is 0 Å². The molecule has 10 heteroatoms. The van der Waals surface area contributed by atoms with Crippen molar-refractivity contribution in [2.45, 2.75) is 12.6 Å². The Morgan fingerprint density at radius 3 is 2.64 bits per heavy atom. The predicted octanol–water partition coefficient (Wildman–Crippen LogP) is 2.23. The number of hydrogen-bond donors (Lipinski definition) is 0. The van der Waals surface area contributed by atoms with E-state index in [4.69, 9.17) is 5.26 Å². The average molecular weight is 366 g/mol. The maximum atomic E-state index is 12.9. The van der Waals surface area contributed by atoms with Crippen LogP contribution in [0.3, 0.4) is 0 Å². The molecule has 0 saturated carbocycles. The predicted molar refractivity (Wildman–Crippen MR) is 84.8 cm³/mol. The molecule has 0 N–H and O–H groups in total. The summed E-state index contributed by atoms with van der Waals surface area (Å²) in [4.78, 5) is 24.4. The molecule has 2 aromatic heterocycles. The fourth-order valence-corrected chi connectivity index (χ4v) is 3.23. The number of hydrogen-bond acceptors (Lipinski definition) is 5. The number of nitrogens with zero attached hydrogens (tertiary/aromatic N) is 4. The van der Waals surface area contributed by atoms with Crippen molar-refractivity contribution in [3.63, 3.8) is 0 Å². The van der Waals surface area contributed by atoms with Crippen molar-refractivity contribution in [2.24, 2.45) is 7.05 Å². The zero-order chi connectivity index (χ0) is 18.4. The summed E-state index contributed by atoms with van der Waals surface area (Å²) in [6.45, 7) is 0. The van der Waals surface area contributed by atoms with E-state index < -0.39 is 23.1 Å². The molecule has 2 heterocycles. The Morgan fingerprint density at radius 2 is 2.00 bits per heavy atom. The lowest BCUT2D eigenvalue weighted by molar-refractivity contribution is -0.144. The summed E-state index contributed by atoms with van der Waals surface area (Å²) in [6.07, 6.45) is -4.77. The highest BCUT2D eigenvalue weighted by Crippen LogP contribution is 2.28. The number of benzene rings is 1. The van der Waals surface area contributed by atoms with E-state index in [2.05, 4.69) is 4.37 Å². The molecule has 3 aromatic rings. The van der Waals surface area contributed by atoms with Gasteiger partial charge in [-0.1, -0.05) is 0 Å². The summed E-state index contributed by atoms with van der Waals surface area (Å²) in [5, 5.41) is 9.40. The van der Waals surface area contributed by atoms with Gasteiger partial charge in [0.05, 0.1) is 28.6 Å². The van der Waals surface area contributed by atoms with Crippen LogP contribution in [0.5, 0.6) is 0 Å². The van der Waals surface area contributed by atoms with Crippen LogP contribution in [0.2, 0.25) is 0 Å². The number of aromatic nitrogens is 3. The fourth-order valence-electron chi connectivity index (χ4n) is 2.45. The average Bonchev–Trinajstić information content (AvgIpc) is 2.93. The van der Waals surface area contributed by atoms with Crippen LogP contribution in [0.25, 0.3) is 15.8 Å². The highest BCUT2D eigenvalue weighted by molar-refractivity contribution is 7.13. The van der Waals surface area contributed by atoms with Gasteiger partial charge >= 0.3 is 11.9 Å². The van der Waals surface area contributed by atoms with Gasteiger partial charge in [-0.3, -0.25) is 9.36 Å². The third kappa shape index (κ3) is 2.83. The van der Waals surface area contributed by atoms with E-state index in [1.807, 2.05) is 6.07 Å². The Morgan fingerprint density at radius 1 is 1.28 bits per heavy atom. The van der Waals surface area contributed by atoms with E-state index in [0.29, 0.717) is 26.3 Å². The largest absolute Gasteiger partial charge is 0.431 e. The van der Waals surface area contributed by atoms with Crippen molar-refractivity contribution in [3.05, 3.63) is 56.5 Å². The number of halogens is 3. The van der Waals surface area contributed by atoms with Crippen LogP contribution in [-0.2, 0) is 19.6 Å². The first-order chi connectivity index (χ1) is 11.7. The Bertz CT molecular complexity index is 1130. The smallest absolute Gasteiger partial charge is 0.292 e. The van der Waals surface area contributed by atoms with Crippen molar-refractivity contribution in [1.82, 2.24) is 13.5 Å². The van der Waals surface area contributed by atoms with Gasteiger partial charge in [-0.25, -0.2) is 9.36 Å². The molecule has 0 bridgehead atoms. The molecule has 0 spiro atoms. The van der Waals surface area contributed by atoms with Crippen molar-refractivity contribution in [2.75, 3.05) is 0 Å². The molecular formula is C15H9F3N4O2S. The second-order valence-electron chi connectivity index (χ2n) is 5.19. The first-order valence-electron chi connectivity index (χ1n) is 6.90. The molecule has 0 unspecified atom stereocenters. The number of rotatable bonds is 2. The second kappa shape index (κ2) is 5.86. The molecule has 0 aliphatic carbocycles. The molecule has 0 amide bonds. The minimum Gasteiger partial charge on any atom is -0.292 e. The minimum atomic E-state index is -4.81. The van der Waals surface area contributed by atoms with E-state index in [-0.39, 0.29) is 12.1 Å². The van der Waals surface area contributed by atoms with Gasteiger partial charge in [-0.05, 0) is 29.7 Å². The Kier molecular flexibility index (Phi) is 3.96. The van der Waals surface area contributed by atoms with E-state index in [1.165, 1.54) is 12.1 Å². The zero-order valence-corrected chi connectivity index (χ0v) is 13.5. The monoisotopic (exact) mass is 366 g/mol. The summed E-state index contributed by atoms with van der Waals surface area (Å²) in [7, 11) is 0.951. The molecular weight excluding hydrogens is 357 g/mol. The molecule has 0 radical (unpaired) electrons. The third-order valence-electron chi connectivity index (χ3n) is 3.64. The molecule has 1 aromatic carbocycles. The van der Waals surface area contributed by atoms with Crippen LogP contribution < -0.4 is 11.2 Å². The number of alkyl halides is 3. The van der Waals surface area contributed by atoms with Gasteiger partial charge in [0.2, 0.25) is 0 Å². The molecule has 0 fully saturated rings. The van der Waals surface area contributed by atoms with E-state index in [9.17, 15) is 22.8 Å². The molecule has 0 aliphatic rings. The van der Waals surface area contributed by atoms with Gasteiger partial charge in [0, 0.05) is 18.5 Å². The van der Waals surface area contributed by atoms with Crippen molar-refractivity contribution in [3.8, 4) is 11.8 Å². The van der Waals surface area contributed by atoms with Crippen molar-refractivity contribution >= 4 is 21.6 Å². The van der Waals surface area contributed by atoms with Gasteiger partial charge in [0.25, 0.3) is 5.56 Å². The second-order valence-corrected chi connectivity index (χ2v) is 5.99. The van der Waals surface area contributed by atoms with Crippen molar-refractivity contribution in [1.29, 1.82) is 5.26 Å². The van der Waals surface area contributed by atoms with Crippen LogP contribution in [0.4, 0.5) is 13.2 Å². The molecule has 0 atom stereocenters. The van der Waals surface area contributed by atoms with Gasteiger partial charge in [0.15, 0.2) is 0 Å². The molecule has 6 nitrogen and oxygen atoms in total. The zero-order valence-electron chi connectivity index (χ0n) is 12.7. The van der Waals surface area contributed by atoms with Gasteiger partial charge in [-0.15, -0.1) is 0 Å². The summed E-state index contributed by atoms with van der Waals surface area (Å²) in [6, 6.07) is 6.87. The van der Waals surface area contributed by atoms with E-state index >= 15 is 0 Å². The summed E-state index contributed by atoms with van der Waals surface area (Å²) < 4.78 is 44.6. The third-order valence-corrected chi connectivity index (χ3v) is 4.51. The standard InChI is InChI=1S/C15H9F3N4O2S/c1-21-12(15(16,17)18)7-13(23)22(14(21)24)8-2-3-11-9(6-8)10(4-5-19)20-25-11/h2-3,6-7H,4H2,1H3. The van der Waals surface area contributed by atoms with Crippen LogP contribution in [0.15, 0.2) is 33.9 Å². The maximum absolute atomic E-state index is 12.9. The number of nitriles is 1. The van der Waals surface area contributed by atoms with E-state index in [1.54, 1.807) is 6.07 Å². The fraction of sp³-hybridized carbons (Fsp3) is 0.200. The lowest BCUT2D eigenvalue weighted by Gasteiger charge is -2.13. The SMILES string of the molecule is Cn1c(C(F)(F)F)cc(=O)n(-c2ccc3snc(CC#N)c3c2)c1=O. The van der Waals surface area contributed by atoms with E-state index in [0.717, 1.165) is 23.3 Å². The minimum absolute atomic E-state index is 0.0450. The first-order valence-corrected chi connectivity index (χ1v) is 7.67. The van der Waals surface area contributed by atoms with Crippen molar-refractivity contribution < 1.29 is 13.2 Å². The molecule has 128 valence electrons. The molecule has 0 saturated heterocycles. The maximum Gasteiger partial charge on any atom is 0.431 e. The molecule has 0 aliphatic heterocycles. The summed E-state index contributed by atoms with van der Waals surface area (Å²) in [5.74, 6) is 0. The Hall–Kier alpha value is -2.93. The van der Waals surface area contributed by atoms with Crippen LogP contribution >= 0.6 is 11.5 Å². The highest BCUT2D eigenvalue weighted by Gasteiger charge is 2.35. The van der Waals surface area contributed by atoms with Gasteiger partial charge in [0.1, 0.15) is 5.69 Å². The summed E-state index contributed by atoms with van der Waals surface area (Å²) >= 11 is 1.15. The lowest BCUT2D eigenvalue weighted by atomic mass is 10.1. The molecule has 3 rings (SSSR count). The topological polar surface area (TPSA) is 80.7 Å². The summed E-state index contributed by atoms with van der Waals surface area (Å²) in [5.41, 5.74) is -2.90. The normalized spacial score (nSPS) is 11.6. The van der Waals surface area contributed by atoms with Gasteiger partial charge in [-0.2, -0.15) is 22.8 Å².